The van der Waals surface area contributed by atoms with E-state index in [1.165, 1.54) is 24.2 Å². The molecular weight excluding hydrogens is 332 g/mol. The highest BCUT2D eigenvalue weighted by molar-refractivity contribution is 6.01. The van der Waals surface area contributed by atoms with Crippen LogP contribution < -0.4 is 16.4 Å². The van der Waals surface area contributed by atoms with Gasteiger partial charge in [-0.3, -0.25) is 14.5 Å². The standard InChI is InChI=1S/C19H26N4O3/c20-10-16(14-4-2-1-3-5-14)22-18(25)15-8-6-13(7-9-15)12-23-17(24)11-21-19(23)26/h6-9,14,16H,1-5,10-12,20H2,(H,21,26)(H,22,25). The summed E-state index contributed by atoms with van der Waals surface area (Å²) in [4.78, 5) is 36.9. The Morgan fingerprint density at radius 2 is 1.88 bits per heavy atom. The topological polar surface area (TPSA) is 105 Å². The number of amides is 4. The van der Waals surface area contributed by atoms with E-state index in [1.807, 2.05) is 0 Å². The number of rotatable bonds is 6. The highest BCUT2D eigenvalue weighted by Crippen LogP contribution is 2.26. The van der Waals surface area contributed by atoms with Crippen molar-refractivity contribution in [1.29, 1.82) is 0 Å². The van der Waals surface area contributed by atoms with Crippen molar-refractivity contribution in [2.45, 2.75) is 44.7 Å². The van der Waals surface area contributed by atoms with Gasteiger partial charge in [0.1, 0.15) is 0 Å². The second kappa shape index (κ2) is 8.31. The van der Waals surface area contributed by atoms with Crippen molar-refractivity contribution in [3.63, 3.8) is 0 Å². The monoisotopic (exact) mass is 358 g/mol. The van der Waals surface area contributed by atoms with Gasteiger partial charge in [0.2, 0.25) is 5.91 Å². The molecule has 1 atom stereocenters. The molecule has 4 amide bonds. The number of nitrogens with two attached hydrogens (primary N) is 1. The van der Waals surface area contributed by atoms with Crippen LogP contribution in [0.25, 0.3) is 0 Å². The second-order valence-electron chi connectivity index (χ2n) is 7.05. The van der Waals surface area contributed by atoms with Gasteiger partial charge < -0.3 is 16.4 Å². The van der Waals surface area contributed by atoms with Crippen LogP contribution in [0.2, 0.25) is 0 Å². The molecule has 7 heteroatoms. The van der Waals surface area contributed by atoms with Crippen molar-refractivity contribution in [1.82, 2.24) is 15.5 Å². The SMILES string of the molecule is NCC(NC(=O)c1ccc(CN2C(=O)CNC2=O)cc1)C1CCCCC1. The van der Waals surface area contributed by atoms with Gasteiger partial charge in [0.25, 0.3) is 5.91 Å². The number of nitrogens with zero attached hydrogens (tertiary/aromatic N) is 1. The molecule has 2 aliphatic rings. The van der Waals surface area contributed by atoms with Gasteiger partial charge in [-0.1, -0.05) is 31.4 Å². The fourth-order valence-corrected chi connectivity index (χ4v) is 3.72. The summed E-state index contributed by atoms with van der Waals surface area (Å²) in [6, 6.07) is 6.61. The molecule has 2 fully saturated rings. The second-order valence-corrected chi connectivity index (χ2v) is 7.05. The molecule has 1 saturated heterocycles. The molecule has 7 nitrogen and oxygen atoms in total. The van der Waals surface area contributed by atoms with Gasteiger partial charge in [0.15, 0.2) is 0 Å². The van der Waals surface area contributed by atoms with Crippen LogP contribution in [0.4, 0.5) is 4.79 Å². The maximum atomic E-state index is 12.5. The summed E-state index contributed by atoms with van der Waals surface area (Å²) in [6.07, 6.45) is 5.91. The van der Waals surface area contributed by atoms with Gasteiger partial charge in [0, 0.05) is 18.2 Å². The Morgan fingerprint density at radius 1 is 1.19 bits per heavy atom. The number of hydrogen-bond acceptors (Lipinski definition) is 4. The van der Waals surface area contributed by atoms with Gasteiger partial charge in [-0.15, -0.1) is 0 Å². The minimum absolute atomic E-state index is 0.00777. The van der Waals surface area contributed by atoms with Crippen molar-refractivity contribution in [3.8, 4) is 0 Å². The van der Waals surface area contributed by atoms with E-state index in [0.29, 0.717) is 18.0 Å². The van der Waals surface area contributed by atoms with E-state index in [-0.39, 0.29) is 37.0 Å². The number of imide groups is 1. The normalized spacial score (nSPS) is 19.3. The van der Waals surface area contributed by atoms with Crippen molar-refractivity contribution >= 4 is 17.8 Å². The van der Waals surface area contributed by atoms with Gasteiger partial charge in [-0.25, -0.2) is 4.79 Å². The Kier molecular flexibility index (Phi) is 5.88. The van der Waals surface area contributed by atoms with Crippen molar-refractivity contribution in [2.24, 2.45) is 11.7 Å². The Balaban J connectivity index is 1.59. The zero-order valence-corrected chi connectivity index (χ0v) is 14.9. The van der Waals surface area contributed by atoms with Crippen LogP contribution >= 0.6 is 0 Å². The Labute approximate surface area is 153 Å². The van der Waals surface area contributed by atoms with Gasteiger partial charge in [-0.2, -0.15) is 0 Å². The van der Waals surface area contributed by atoms with Crippen LogP contribution in [0.15, 0.2) is 24.3 Å². The summed E-state index contributed by atoms with van der Waals surface area (Å²) in [6.45, 7) is 0.696. The van der Waals surface area contributed by atoms with Crippen LogP contribution in [-0.2, 0) is 11.3 Å². The largest absolute Gasteiger partial charge is 0.348 e. The molecule has 3 rings (SSSR count). The third-order valence-corrected chi connectivity index (χ3v) is 5.28. The summed E-state index contributed by atoms with van der Waals surface area (Å²) in [5.74, 6) is 0.0827. The van der Waals surface area contributed by atoms with Gasteiger partial charge >= 0.3 is 6.03 Å². The average Bonchev–Trinajstić information content (AvgIpc) is 2.99. The predicted molar refractivity (Wildman–Crippen MR) is 97.3 cm³/mol. The van der Waals surface area contributed by atoms with Gasteiger partial charge in [0.05, 0.1) is 13.1 Å². The minimum Gasteiger partial charge on any atom is -0.348 e. The molecule has 1 heterocycles. The van der Waals surface area contributed by atoms with E-state index in [1.54, 1.807) is 24.3 Å². The lowest BCUT2D eigenvalue weighted by molar-refractivity contribution is -0.125. The van der Waals surface area contributed by atoms with Crippen molar-refractivity contribution in [3.05, 3.63) is 35.4 Å². The average molecular weight is 358 g/mol. The quantitative estimate of drug-likeness (QED) is 0.668. The molecule has 0 spiro atoms. The fraction of sp³-hybridized carbons (Fsp3) is 0.526. The van der Waals surface area contributed by atoms with Crippen LogP contribution in [0, 0.1) is 5.92 Å². The van der Waals surface area contributed by atoms with Gasteiger partial charge in [-0.05, 0) is 36.5 Å². The van der Waals surface area contributed by atoms with Crippen LogP contribution in [-0.4, -0.2) is 41.9 Å². The molecule has 4 N–H and O–H groups in total. The molecule has 0 radical (unpaired) electrons. The number of benzene rings is 1. The Bertz CT molecular complexity index is 652. The molecular formula is C19H26N4O3. The van der Waals surface area contributed by atoms with E-state index in [2.05, 4.69) is 10.6 Å². The molecule has 0 aromatic heterocycles. The first-order valence-corrected chi connectivity index (χ1v) is 9.26. The fourth-order valence-electron chi connectivity index (χ4n) is 3.72. The zero-order valence-electron chi connectivity index (χ0n) is 14.9. The lowest BCUT2D eigenvalue weighted by Crippen LogP contribution is -2.45. The van der Waals surface area contributed by atoms with Crippen LogP contribution in [0.1, 0.15) is 48.0 Å². The maximum absolute atomic E-state index is 12.5. The Hall–Kier alpha value is -2.41. The van der Waals surface area contributed by atoms with Crippen LogP contribution in [0.5, 0.6) is 0 Å². The molecule has 1 aliphatic carbocycles. The first-order chi connectivity index (χ1) is 12.6. The molecule has 140 valence electrons. The molecule has 1 aliphatic heterocycles. The number of nitrogens with one attached hydrogen (secondary N) is 2. The van der Waals surface area contributed by atoms with Crippen molar-refractivity contribution < 1.29 is 14.4 Å². The molecule has 1 saturated carbocycles. The molecule has 0 bridgehead atoms. The summed E-state index contributed by atoms with van der Waals surface area (Å²) >= 11 is 0. The third kappa shape index (κ3) is 4.22. The zero-order chi connectivity index (χ0) is 18.5. The summed E-state index contributed by atoms with van der Waals surface area (Å²) in [5.41, 5.74) is 7.24. The Morgan fingerprint density at radius 3 is 2.46 bits per heavy atom. The molecule has 1 aromatic rings. The van der Waals surface area contributed by atoms with E-state index in [4.69, 9.17) is 5.73 Å². The first-order valence-electron chi connectivity index (χ1n) is 9.26. The van der Waals surface area contributed by atoms with Crippen molar-refractivity contribution in [2.75, 3.05) is 13.1 Å². The van der Waals surface area contributed by atoms with Crippen LogP contribution in [0.3, 0.4) is 0 Å². The van der Waals surface area contributed by atoms with E-state index in [9.17, 15) is 14.4 Å². The number of hydrogen-bond donors (Lipinski definition) is 3. The highest BCUT2D eigenvalue weighted by atomic mass is 16.2. The minimum atomic E-state index is -0.380. The highest BCUT2D eigenvalue weighted by Gasteiger charge is 2.28. The summed E-state index contributed by atoms with van der Waals surface area (Å²) in [5, 5.41) is 5.56. The molecule has 26 heavy (non-hydrogen) atoms. The maximum Gasteiger partial charge on any atom is 0.324 e. The third-order valence-electron chi connectivity index (χ3n) is 5.28. The first kappa shape index (κ1) is 18.4. The molecule has 1 unspecified atom stereocenters. The number of urea groups is 1. The summed E-state index contributed by atoms with van der Waals surface area (Å²) in [7, 11) is 0. The van der Waals surface area contributed by atoms with E-state index in [0.717, 1.165) is 18.4 Å². The predicted octanol–water partition coefficient (Wildman–Crippen LogP) is 1.38. The van der Waals surface area contributed by atoms with E-state index >= 15 is 0 Å². The molecule has 1 aromatic carbocycles. The van der Waals surface area contributed by atoms with E-state index < -0.39 is 0 Å². The number of carbonyl (C=O) groups excluding carboxylic acids is 3. The number of carbonyl (C=O) groups is 3. The lowest BCUT2D eigenvalue weighted by atomic mass is 9.84. The lowest BCUT2D eigenvalue weighted by Gasteiger charge is -2.30. The smallest absolute Gasteiger partial charge is 0.324 e. The summed E-state index contributed by atoms with van der Waals surface area (Å²) < 4.78 is 0.